The number of anilines is 1. The molecule has 1 rings (SSSR count). The van der Waals surface area contributed by atoms with Crippen LogP contribution in [0.2, 0.25) is 0 Å². The monoisotopic (exact) mass is 258 g/mol. The van der Waals surface area contributed by atoms with Crippen LogP contribution in [0.15, 0.2) is 10.7 Å². The second-order valence-corrected chi connectivity index (χ2v) is 3.51. The summed E-state index contributed by atoms with van der Waals surface area (Å²) in [6.45, 7) is 3.85. The zero-order valence-electron chi connectivity index (χ0n) is 8.00. The highest BCUT2D eigenvalue weighted by molar-refractivity contribution is 9.10. The first kappa shape index (κ1) is 11.0. The molecule has 0 aromatic carbocycles. The number of esters is 1. The van der Waals surface area contributed by atoms with Crippen LogP contribution in [0.3, 0.4) is 0 Å². The molecule has 0 bridgehead atoms. The summed E-state index contributed by atoms with van der Waals surface area (Å²) < 4.78 is 5.30. The van der Waals surface area contributed by atoms with Gasteiger partial charge < -0.3 is 10.5 Å². The standard InChI is InChI=1S/C9H11BrN2O2/c1-3-14-9(13)7-5(2)4-6(11)8(10)12-7/h4H,3,11H2,1-2H3. The van der Waals surface area contributed by atoms with Crippen molar-refractivity contribution in [3.8, 4) is 0 Å². The van der Waals surface area contributed by atoms with E-state index in [1.807, 2.05) is 0 Å². The van der Waals surface area contributed by atoms with Gasteiger partial charge in [-0.2, -0.15) is 0 Å². The Morgan fingerprint density at radius 2 is 2.36 bits per heavy atom. The highest BCUT2D eigenvalue weighted by Crippen LogP contribution is 2.20. The fraction of sp³-hybridized carbons (Fsp3) is 0.333. The minimum atomic E-state index is -0.425. The summed E-state index contributed by atoms with van der Waals surface area (Å²) in [4.78, 5) is 15.4. The molecule has 0 amide bonds. The minimum Gasteiger partial charge on any atom is -0.461 e. The lowest BCUT2D eigenvalue weighted by Gasteiger charge is -2.06. The predicted octanol–water partition coefficient (Wildman–Crippen LogP) is 1.91. The Hall–Kier alpha value is -1.10. The van der Waals surface area contributed by atoms with Gasteiger partial charge in [0.1, 0.15) is 4.60 Å². The molecule has 76 valence electrons. The number of nitrogens with two attached hydrogens (primary N) is 1. The molecule has 0 unspecified atom stereocenters. The Kier molecular flexibility index (Phi) is 3.46. The molecule has 0 aliphatic carbocycles. The minimum absolute atomic E-state index is 0.299. The highest BCUT2D eigenvalue weighted by atomic mass is 79.9. The number of nitrogens with zero attached hydrogens (tertiary/aromatic N) is 1. The van der Waals surface area contributed by atoms with Crippen LogP contribution in [0.1, 0.15) is 23.0 Å². The van der Waals surface area contributed by atoms with Crippen molar-refractivity contribution >= 4 is 27.6 Å². The Labute approximate surface area is 90.6 Å². The Morgan fingerprint density at radius 3 is 2.93 bits per heavy atom. The lowest BCUT2D eigenvalue weighted by atomic mass is 10.2. The van der Waals surface area contributed by atoms with Gasteiger partial charge in [0, 0.05) is 0 Å². The van der Waals surface area contributed by atoms with Gasteiger partial charge in [-0.05, 0) is 41.4 Å². The van der Waals surface area contributed by atoms with Gasteiger partial charge in [0.2, 0.25) is 0 Å². The summed E-state index contributed by atoms with van der Waals surface area (Å²) in [5.74, 6) is -0.425. The number of hydrogen-bond donors (Lipinski definition) is 1. The van der Waals surface area contributed by atoms with Gasteiger partial charge in [-0.15, -0.1) is 0 Å². The Balaban J connectivity index is 3.09. The summed E-state index contributed by atoms with van der Waals surface area (Å²) in [7, 11) is 0. The third kappa shape index (κ3) is 2.23. The van der Waals surface area contributed by atoms with E-state index in [1.54, 1.807) is 19.9 Å². The van der Waals surface area contributed by atoms with Crippen LogP contribution in [0.4, 0.5) is 5.69 Å². The average molecular weight is 259 g/mol. The molecule has 1 aromatic rings. The van der Waals surface area contributed by atoms with E-state index in [-0.39, 0.29) is 0 Å². The molecule has 1 heterocycles. The van der Waals surface area contributed by atoms with Crippen molar-refractivity contribution in [2.45, 2.75) is 13.8 Å². The number of pyridine rings is 1. The Bertz CT molecular complexity index is 366. The van der Waals surface area contributed by atoms with Gasteiger partial charge in [-0.1, -0.05) is 0 Å². The van der Waals surface area contributed by atoms with Crippen LogP contribution in [0.5, 0.6) is 0 Å². The maximum absolute atomic E-state index is 11.4. The molecule has 0 aliphatic rings. The maximum Gasteiger partial charge on any atom is 0.357 e. The summed E-state index contributed by atoms with van der Waals surface area (Å²) in [6.07, 6.45) is 0. The van der Waals surface area contributed by atoms with Crippen molar-refractivity contribution in [1.29, 1.82) is 0 Å². The van der Waals surface area contributed by atoms with Gasteiger partial charge in [0.05, 0.1) is 12.3 Å². The number of aryl methyl sites for hydroxylation is 1. The summed E-state index contributed by atoms with van der Waals surface area (Å²) >= 11 is 3.16. The molecule has 2 N–H and O–H groups in total. The highest BCUT2D eigenvalue weighted by Gasteiger charge is 2.13. The largest absolute Gasteiger partial charge is 0.461 e. The van der Waals surface area contributed by atoms with E-state index in [4.69, 9.17) is 10.5 Å². The van der Waals surface area contributed by atoms with Crippen LogP contribution in [0, 0.1) is 6.92 Å². The number of carbonyl (C=O) groups is 1. The maximum atomic E-state index is 11.4. The van der Waals surface area contributed by atoms with Crippen molar-refractivity contribution < 1.29 is 9.53 Å². The van der Waals surface area contributed by atoms with Crippen LogP contribution in [0.25, 0.3) is 0 Å². The molecule has 0 saturated heterocycles. The molecule has 0 fully saturated rings. The first-order chi connectivity index (χ1) is 6.56. The molecule has 0 radical (unpaired) electrons. The molecule has 0 aliphatic heterocycles. The van der Waals surface area contributed by atoms with Crippen LogP contribution in [-0.4, -0.2) is 17.6 Å². The molecule has 0 atom stereocenters. The first-order valence-corrected chi connectivity index (χ1v) is 4.95. The van der Waals surface area contributed by atoms with Crippen molar-refractivity contribution in [2.24, 2.45) is 0 Å². The van der Waals surface area contributed by atoms with E-state index in [9.17, 15) is 4.79 Å². The van der Waals surface area contributed by atoms with E-state index in [1.165, 1.54) is 0 Å². The summed E-state index contributed by atoms with van der Waals surface area (Å²) in [5, 5.41) is 0. The van der Waals surface area contributed by atoms with Gasteiger partial charge >= 0.3 is 5.97 Å². The molecular formula is C9H11BrN2O2. The number of nitrogen functional groups attached to an aromatic ring is 1. The van der Waals surface area contributed by atoms with Crippen LogP contribution in [-0.2, 0) is 4.74 Å². The second kappa shape index (κ2) is 4.41. The third-order valence-corrected chi connectivity index (χ3v) is 2.30. The van der Waals surface area contributed by atoms with Crippen molar-refractivity contribution in [2.75, 3.05) is 12.3 Å². The zero-order valence-corrected chi connectivity index (χ0v) is 9.59. The van der Waals surface area contributed by atoms with Crippen LogP contribution < -0.4 is 5.73 Å². The van der Waals surface area contributed by atoms with E-state index in [2.05, 4.69) is 20.9 Å². The molecule has 4 nitrogen and oxygen atoms in total. The smallest absolute Gasteiger partial charge is 0.357 e. The molecule has 5 heteroatoms. The lowest BCUT2D eigenvalue weighted by Crippen LogP contribution is -2.10. The third-order valence-electron chi connectivity index (χ3n) is 1.66. The lowest BCUT2D eigenvalue weighted by molar-refractivity contribution is 0.0518. The normalized spacial score (nSPS) is 9.93. The molecule has 14 heavy (non-hydrogen) atoms. The number of hydrogen-bond acceptors (Lipinski definition) is 4. The average Bonchev–Trinajstić information content (AvgIpc) is 2.11. The zero-order chi connectivity index (χ0) is 10.7. The van der Waals surface area contributed by atoms with Gasteiger partial charge in [-0.25, -0.2) is 9.78 Å². The Morgan fingerprint density at radius 1 is 1.71 bits per heavy atom. The van der Waals surface area contributed by atoms with E-state index in [0.717, 1.165) is 0 Å². The van der Waals surface area contributed by atoms with Crippen molar-refractivity contribution in [3.05, 3.63) is 21.9 Å². The number of rotatable bonds is 2. The van der Waals surface area contributed by atoms with E-state index >= 15 is 0 Å². The van der Waals surface area contributed by atoms with Crippen molar-refractivity contribution in [1.82, 2.24) is 4.98 Å². The van der Waals surface area contributed by atoms with E-state index < -0.39 is 5.97 Å². The fourth-order valence-electron chi connectivity index (χ4n) is 1.02. The van der Waals surface area contributed by atoms with Crippen molar-refractivity contribution in [3.63, 3.8) is 0 Å². The predicted molar refractivity (Wildman–Crippen MR) is 57.0 cm³/mol. The topological polar surface area (TPSA) is 65.2 Å². The number of ether oxygens (including phenoxy) is 1. The SMILES string of the molecule is CCOC(=O)c1nc(Br)c(N)cc1C. The number of carbonyl (C=O) groups excluding carboxylic acids is 1. The molecule has 1 aromatic heterocycles. The summed E-state index contributed by atoms with van der Waals surface area (Å²) in [6, 6.07) is 1.68. The quantitative estimate of drug-likeness (QED) is 0.650. The van der Waals surface area contributed by atoms with E-state index in [0.29, 0.717) is 28.2 Å². The van der Waals surface area contributed by atoms with Gasteiger partial charge in [0.25, 0.3) is 0 Å². The number of aromatic nitrogens is 1. The molecule has 0 saturated carbocycles. The summed E-state index contributed by atoms with van der Waals surface area (Å²) in [5.41, 5.74) is 7.12. The fourth-order valence-corrected chi connectivity index (χ4v) is 1.31. The van der Waals surface area contributed by atoms with Crippen LogP contribution >= 0.6 is 15.9 Å². The number of halogens is 1. The molecular weight excluding hydrogens is 248 g/mol. The van der Waals surface area contributed by atoms with Gasteiger partial charge in [-0.3, -0.25) is 0 Å². The van der Waals surface area contributed by atoms with Gasteiger partial charge in [0.15, 0.2) is 5.69 Å². The second-order valence-electron chi connectivity index (χ2n) is 2.75. The first-order valence-electron chi connectivity index (χ1n) is 4.16. The molecule has 0 spiro atoms.